The van der Waals surface area contributed by atoms with E-state index in [0.717, 1.165) is 13.0 Å². The highest BCUT2D eigenvalue weighted by Gasteiger charge is 2.27. The van der Waals surface area contributed by atoms with Gasteiger partial charge < -0.3 is 5.32 Å². The van der Waals surface area contributed by atoms with E-state index in [2.05, 4.69) is 17.2 Å². The van der Waals surface area contributed by atoms with Crippen molar-refractivity contribution in [1.82, 2.24) is 9.62 Å². The fourth-order valence-corrected chi connectivity index (χ4v) is 3.66. The van der Waals surface area contributed by atoms with Crippen molar-refractivity contribution in [1.29, 1.82) is 0 Å². The fraction of sp³-hybridized carbons (Fsp3) is 0.533. The van der Waals surface area contributed by atoms with Crippen LogP contribution in [0.5, 0.6) is 0 Å². The van der Waals surface area contributed by atoms with Gasteiger partial charge in [0, 0.05) is 13.1 Å². The van der Waals surface area contributed by atoms with Gasteiger partial charge in [0.05, 0.1) is 5.69 Å². The first-order valence-corrected chi connectivity index (χ1v) is 8.96. The summed E-state index contributed by atoms with van der Waals surface area (Å²) in [7, 11) is -3.44. The molecule has 6 heteroatoms. The average molecular weight is 309 g/mol. The van der Waals surface area contributed by atoms with Gasteiger partial charge in [0.2, 0.25) is 0 Å². The van der Waals surface area contributed by atoms with E-state index in [1.165, 1.54) is 29.9 Å². The predicted molar refractivity (Wildman–Crippen MR) is 85.5 cm³/mol. The molecule has 0 atom stereocenters. The summed E-state index contributed by atoms with van der Waals surface area (Å²) in [4.78, 5) is 4.49. The van der Waals surface area contributed by atoms with E-state index in [-0.39, 0.29) is 4.90 Å². The van der Waals surface area contributed by atoms with Crippen LogP contribution in [-0.2, 0) is 10.0 Å². The normalized spacial score (nSPS) is 16.0. The topological polar surface area (TPSA) is 61.8 Å². The predicted octanol–water partition coefficient (Wildman–Crippen LogP) is 2.52. The molecule has 0 bridgehead atoms. The minimum absolute atomic E-state index is 0.287. The second-order valence-corrected chi connectivity index (χ2v) is 7.00. The molecule has 1 N–H and O–H groups in total. The number of fused-ring (bicyclic) bond motifs is 1. The second kappa shape index (κ2) is 7.56. The Bertz CT molecular complexity index is 584. The minimum Gasteiger partial charge on any atom is -0.315 e. The molecule has 0 saturated heterocycles. The van der Waals surface area contributed by atoms with Crippen LogP contribution < -0.4 is 5.32 Å². The summed E-state index contributed by atoms with van der Waals surface area (Å²) in [6.07, 6.45) is 6.25. The summed E-state index contributed by atoms with van der Waals surface area (Å²) in [5.74, 6) is 0. The van der Waals surface area contributed by atoms with E-state index in [1.807, 2.05) is 0 Å². The number of hydrogen-bond donors (Lipinski definition) is 1. The van der Waals surface area contributed by atoms with E-state index in [9.17, 15) is 8.42 Å². The third-order valence-corrected chi connectivity index (χ3v) is 5.29. The average Bonchev–Trinajstić information content (AvgIpc) is 2.48. The molecule has 1 heterocycles. The second-order valence-electron chi connectivity index (χ2n) is 5.14. The lowest BCUT2D eigenvalue weighted by molar-refractivity contribution is 0.505. The van der Waals surface area contributed by atoms with Gasteiger partial charge in [0.25, 0.3) is 10.0 Å². The van der Waals surface area contributed by atoms with Gasteiger partial charge in [-0.25, -0.2) is 13.4 Å². The number of unbranched alkanes of at least 4 members (excludes halogenated alkanes) is 3. The van der Waals surface area contributed by atoms with Crippen molar-refractivity contribution in [2.75, 3.05) is 19.6 Å². The fourth-order valence-electron chi connectivity index (χ4n) is 2.27. The van der Waals surface area contributed by atoms with E-state index in [1.54, 1.807) is 24.3 Å². The number of nitrogens with zero attached hydrogens (tertiary/aromatic N) is 2. The maximum Gasteiger partial charge on any atom is 0.267 e. The summed E-state index contributed by atoms with van der Waals surface area (Å²) in [5, 5.41) is 3.29. The van der Waals surface area contributed by atoms with Crippen LogP contribution in [0.2, 0.25) is 0 Å². The van der Waals surface area contributed by atoms with Crippen molar-refractivity contribution in [2.45, 2.75) is 37.5 Å². The molecule has 0 aliphatic carbocycles. The molecule has 1 aromatic rings. The highest BCUT2D eigenvalue weighted by molar-refractivity contribution is 7.89. The smallest absolute Gasteiger partial charge is 0.267 e. The molecule has 1 aromatic carbocycles. The number of para-hydroxylation sites is 1. The zero-order valence-electron chi connectivity index (χ0n) is 12.5. The van der Waals surface area contributed by atoms with Crippen LogP contribution in [0.4, 0.5) is 5.69 Å². The lowest BCUT2D eigenvalue weighted by Gasteiger charge is -2.24. The maximum absolute atomic E-state index is 12.4. The molecule has 1 aliphatic heterocycles. The summed E-state index contributed by atoms with van der Waals surface area (Å²) in [5.41, 5.74) is 0.515. The van der Waals surface area contributed by atoms with Crippen molar-refractivity contribution in [3.05, 3.63) is 24.3 Å². The summed E-state index contributed by atoms with van der Waals surface area (Å²) in [6.45, 7) is 4.17. The van der Waals surface area contributed by atoms with Crippen LogP contribution in [0.3, 0.4) is 0 Å². The van der Waals surface area contributed by atoms with Crippen LogP contribution in [0, 0.1) is 0 Å². The molecule has 2 rings (SSSR count). The van der Waals surface area contributed by atoms with Crippen molar-refractivity contribution < 1.29 is 8.42 Å². The van der Waals surface area contributed by atoms with Gasteiger partial charge in [-0.15, -0.1) is 0 Å². The Labute approximate surface area is 127 Å². The quantitative estimate of drug-likeness (QED) is 0.751. The molecule has 116 valence electrons. The molecule has 0 aromatic heterocycles. The van der Waals surface area contributed by atoms with E-state index >= 15 is 0 Å². The molecule has 21 heavy (non-hydrogen) atoms. The molecular formula is C15H23N3O2S. The Morgan fingerprint density at radius 1 is 1.14 bits per heavy atom. The molecule has 0 amide bonds. The van der Waals surface area contributed by atoms with Crippen molar-refractivity contribution in [3.63, 3.8) is 0 Å². The number of nitrogens with one attached hydrogen (secondary N) is 1. The van der Waals surface area contributed by atoms with Crippen LogP contribution in [0.25, 0.3) is 0 Å². The van der Waals surface area contributed by atoms with Gasteiger partial charge in [-0.2, -0.15) is 0 Å². The van der Waals surface area contributed by atoms with Gasteiger partial charge in [-0.1, -0.05) is 38.3 Å². The molecule has 0 saturated carbocycles. The molecule has 0 radical (unpaired) electrons. The van der Waals surface area contributed by atoms with E-state index in [4.69, 9.17) is 0 Å². The summed E-state index contributed by atoms with van der Waals surface area (Å²) in [6, 6.07) is 6.83. The van der Waals surface area contributed by atoms with Crippen molar-refractivity contribution >= 4 is 22.0 Å². The highest BCUT2D eigenvalue weighted by atomic mass is 32.2. The Kier molecular flexibility index (Phi) is 5.76. The summed E-state index contributed by atoms with van der Waals surface area (Å²) >= 11 is 0. The van der Waals surface area contributed by atoms with Gasteiger partial charge in [0.15, 0.2) is 0 Å². The maximum atomic E-state index is 12.4. The third-order valence-electron chi connectivity index (χ3n) is 3.49. The zero-order valence-corrected chi connectivity index (χ0v) is 13.3. The molecule has 0 fully saturated rings. The molecular weight excluding hydrogens is 286 g/mol. The Balaban J connectivity index is 1.83. The molecule has 0 unspecified atom stereocenters. The van der Waals surface area contributed by atoms with Crippen LogP contribution >= 0.6 is 0 Å². The number of aliphatic imine (C=N–C) groups is 1. The minimum atomic E-state index is -3.44. The van der Waals surface area contributed by atoms with E-state index < -0.39 is 10.0 Å². The Hall–Kier alpha value is -1.40. The first kappa shape index (κ1) is 16.0. The number of sulfonamides is 1. The lowest BCUT2D eigenvalue weighted by atomic mass is 10.2. The van der Waals surface area contributed by atoms with E-state index in [0.29, 0.717) is 18.8 Å². The molecule has 0 spiro atoms. The van der Waals surface area contributed by atoms with Gasteiger partial charge >= 0.3 is 0 Å². The SMILES string of the molecule is CCCCCCNCCN1C=Nc2ccccc2S1(=O)=O. The van der Waals surface area contributed by atoms with Crippen LogP contribution in [-0.4, -0.2) is 38.7 Å². The van der Waals surface area contributed by atoms with Crippen LogP contribution in [0.1, 0.15) is 32.6 Å². The monoisotopic (exact) mass is 309 g/mol. The first-order chi connectivity index (χ1) is 10.2. The van der Waals surface area contributed by atoms with Gasteiger partial charge in [0.1, 0.15) is 11.2 Å². The summed E-state index contributed by atoms with van der Waals surface area (Å²) < 4.78 is 26.1. The molecule has 1 aliphatic rings. The Morgan fingerprint density at radius 3 is 2.76 bits per heavy atom. The lowest BCUT2D eigenvalue weighted by Crippen LogP contribution is -2.37. The van der Waals surface area contributed by atoms with Gasteiger partial charge in [-0.05, 0) is 25.1 Å². The number of rotatable bonds is 8. The third kappa shape index (κ3) is 4.04. The number of benzene rings is 1. The van der Waals surface area contributed by atoms with Gasteiger partial charge in [-0.3, -0.25) is 4.31 Å². The Morgan fingerprint density at radius 2 is 1.95 bits per heavy atom. The standard InChI is InChI=1S/C15H23N3O2S/c1-2-3-4-7-10-16-11-12-18-13-17-14-8-5-6-9-15(14)21(18,19)20/h5-6,8-9,13,16H,2-4,7,10-12H2,1H3. The number of hydrogen-bond acceptors (Lipinski definition) is 4. The molecule has 5 nitrogen and oxygen atoms in total. The van der Waals surface area contributed by atoms with Crippen LogP contribution in [0.15, 0.2) is 34.2 Å². The van der Waals surface area contributed by atoms with Crippen molar-refractivity contribution in [3.8, 4) is 0 Å². The zero-order chi connectivity index (χ0) is 15.1. The van der Waals surface area contributed by atoms with Crippen molar-refractivity contribution in [2.24, 2.45) is 4.99 Å². The highest BCUT2D eigenvalue weighted by Crippen LogP contribution is 2.29. The first-order valence-electron chi connectivity index (χ1n) is 7.52. The largest absolute Gasteiger partial charge is 0.315 e.